The summed E-state index contributed by atoms with van der Waals surface area (Å²) in [6, 6.07) is 3.60. The molecule has 0 radical (unpaired) electrons. The van der Waals surface area contributed by atoms with Gasteiger partial charge in [0.25, 0.3) is 0 Å². The highest BCUT2D eigenvalue weighted by molar-refractivity contribution is 5.47. The lowest BCUT2D eigenvalue weighted by Crippen LogP contribution is -2.23. The van der Waals surface area contributed by atoms with E-state index in [9.17, 15) is 5.11 Å². The van der Waals surface area contributed by atoms with Crippen molar-refractivity contribution in [3.05, 3.63) is 23.3 Å². The van der Waals surface area contributed by atoms with Crippen LogP contribution in [0.2, 0.25) is 0 Å². The molecule has 0 aliphatic rings. The van der Waals surface area contributed by atoms with Crippen molar-refractivity contribution in [3.8, 4) is 11.5 Å². The normalized spacial score (nSPS) is 11.3. The van der Waals surface area contributed by atoms with Crippen molar-refractivity contribution in [2.75, 3.05) is 33.0 Å². The van der Waals surface area contributed by atoms with Gasteiger partial charge in [-0.05, 0) is 69.2 Å². The summed E-state index contributed by atoms with van der Waals surface area (Å²) in [5, 5.41) is 9.79. The molecule has 0 spiro atoms. The van der Waals surface area contributed by atoms with Crippen LogP contribution in [0.1, 0.15) is 58.1 Å². The van der Waals surface area contributed by atoms with E-state index in [0.717, 1.165) is 49.0 Å². The van der Waals surface area contributed by atoms with Crippen LogP contribution in [0.4, 0.5) is 0 Å². The van der Waals surface area contributed by atoms with Crippen LogP contribution < -0.4 is 4.74 Å². The van der Waals surface area contributed by atoms with E-state index in [1.54, 1.807) is 12.1 Å². The van der Waals surface area contributed by atoms with Gasteiger partial charge in [0.15, 0.2) is 6.29 Å². The zero-order valence-electron chi connectivity index (χ0n) is 16.9. The molecule has 0 unspecified atom stereocenters. The molecule has 0 saturated carbocycles. The second-order valence-electron chi connectivity index (χ2n) is 6.12. The van der Waals surface area contributed by atoms with Gasteiger partial charge in [0, 0.05) is 19.8 Å². The summed E-state index contributed by atoms with van der Waals surface area (Å²) >= 11 is 0. The molecule has 0 heterocycles. The third kappa shape index (κ3) is 8.39. The van der Waals surface area contributed by atoms with Gasteiger partial charge in [-0.2, -0.15) is 0 Å². The zero-order valence-corrected chi connectivity index (χ0v) is 16.9. The number of hydrogen-bond donors (Lipinski definition) is 1. The number of aromatic hydroxyl groups is 1. The average molecular weight is 369 g/mol. The molecule has 1 aromatic carbocycles. The van der Waals surface area contributed by atoms with Gasteiger partial charge in [-0.15, -0.1) is 0 Å². The monoisotopic (exact) mass is 368 g/mol. The summed E-state index contributed by atoms with van der Waals surface area (Å²) in [6.07, 6.45) is 4.47. The van der Waals surface area contributed by atoms with Gasteiger partial charge in [0.2, 0.25) is 0 Å². The van der Waals surface area contributed by atoms with Crippen molar-refractivity contribution in [1.82, 2.24) is 0 Å². The summed E-state index contributed by atoms with van der Waals surface area (Å²) in [4.78, 5) is 0. The van der Waals surface area contributed by atoms with E-state index in [1.807, 2.05) is 13.8 Å². The summed E-state index contributed by atoms with van der Waals surface area (Å²) < 4.78 is 22.5. The molecule has 0 bridgehead atoms. The molecule has 5 heteroatoms. The molecular weight excluding hydrogens is 332 g/mol. The van der Waals surface area contributed by atoms with Crippen molar-refractivity contribution in [1.29, 1.82) is 0 Å². The Balaban J connectivity index is 2.23. The first kappa shape index (κ1) is 22.7. The van der Waals surface area contributed by atoms with Gasteiger partial charge in [-0.25, -0.2) is 0 Å². The molecule has 1 aromatic rings. The van der Waals surface area contributed by atoms with Crippen LogP contribution in [0.25, 0.3) is 0 Å². The Morgan fingerprint density at radius 2 is 1.42 bits per heavy atom. The van der Waals surface area contributed by atoms with Crippen LogP contribution in [0.3, 0.4) is 0 Å². The molecule has 1 N–H and O–H groups in total. The predicted molar refractivity (Wildman–Crippen MR) is 104 cm³/mol. The van der Waals surface area contributed by atoms with Crippen LogP contribution in [-0.4, -0.2) is 44.4 Å². The second-order valence-corrected chi connectivity index (χ2v) is 6.12. The molecule has 0 aromatic heterocycles. The Bertz CT molecular complexity index is 458. The maximum atomic E-state index is 9.79. The molecule has 5 nitrogen and oxygen atoms in total. The smallest absolute Gasteiger partial charge is 0.180 e. The minimum absolute atomic E-state index is 0.261. The fourth-order valence-electron chi connectivity index (χ4n) is 2.80. The van der Waals surface area contributed by atoms with Gasteiger partial charge < -0.3 is 24.1 Å². The number of phenols is 1. The maximum absolute atomic E-state index is 9.79. The number of benzene rings is 1. The molecule has 0 saturated heterocycles. The van der Waals surface area contributed by atoms with Crippen LogP contribution >= 0.6 is 0 Å². The highest BCUT2D eigenvalue weighted by atomic mass is 16.7. The molecule has 0 fully saturated rings. The lowest BCUT2D eigenvalue weighted by molar-refractivity contribution is -0.167. The molecular formula is C21H36O5. The Morgan fingerprint density at radius 1 is 0.846 bits per heavy atom. The highest BCUT2D eigenvalue weighted by Crippen LogP contribution is 2.30. The Morgan fingerprint density at radius 3 is 1.96 bits per heavy atom. The largest absolute Gasteiger partial charge is 0.508 e. The van der Waals surface area contributed by atoms with Crippen molar-refractivity contribution in [2.45, 2.75) is 66.1 Å². The van der Waals surface area contributed by atoms with Crippen molar-refractivity contribution in [3.63, 3.8) is 0 Å². The van der Waals surface area contributed by atoms with Gasteiger partial charge in [-0.3, -0.25) is 0 Å². The zero-order chi connectivity index (χ0) is 19.2. The van der Waals surface area contributed by atoms with E-state index in [0.29, 0.717) is 38.8 Å². The van der Waals surface area contributed by atoms with Crippen LogP contribution in [0.15, 0.2) is 12.1 Å². The van der Waals surface area contributed by atoms with E-state index < -0.39 is 0 Å². The Kier molecular flexibility index (Phi) is 12.1. The summed E-state index contributed by atoms with van der Waals surface area (Å²) in [5.74, 6) is 1.26. The third-order valence-corrected chi connectivity index (χ3v) is 4.13. The number of ether oxygens (including phenoxy) is 4. The van der Waals surface area contributed by atoms with Crippen LogP contribution in [-0.2, 0) is 27.1 Å². The van der Waals surface area contributed by atoms with Crippen LogP contribution in [0, 0.1) is 0 Å². The molecule has 26 heavy (non-hydrogen) atoms. The molecule has 0 amide bonds. The van der Waals surface area contributed by atoms with Crippen molar-refractivity contribution < 1.29 is 24.1 Å². The quantitative estimate of drug-likeness (QED) is 0.365. The second kappa shape index (κ2) is 13.8. The van der Waals surface area contributed by atoms with Gasteiger partial charge in [0.05, 0.1) is 13.2 Å². The van der Waals surface area contributed by atoms with Gasteiger partial charge in [0.1, 0.15) is 11.5 Å². The van der Waals surface area contributed by atoms with E-state index in [4.69, 9.17) is 18.9 Å². The number of aryl methyl sites for hydroxylation is 2. The van der Waals surface area contributed by atoms with E-state index >= 15 is 0 Å². The number of unbranched alkanes of at least 4 members (excludes halogenated alkanes) is 2. The number of hydrogen-bond acceptors (Lipinski definition) is 5. The number of rotatable bonds is 15. The van der Waals surface area contributed by atoms with Gasteiger partial charge >= 0.3 is 0 Å². The highest BCUT2D eigenvalue weighted by Gasteiger charge is 2.10. The van der Waals surface area contributed by atoms with E-state index in [1.165, 1.54) is 0 Å². The first-order valence-corrected chi connectivity index (χ1v) is 9.94. The standard InChI is InChI=1S/C21H36O5/c1-5-17-14-19(22)15-18(6-2)21(17)26-13-11-9-10-12-23-16-20(24-7-3)25-8-4/h14-15,20,22H,5-13,16H2,1-4H3. The molecule has 150 valence electrons. The fraction of sp³-hybridized carbons (Fsp3) is 0.714. The molecule has 0 atom stereocenters. The topological polar surface area (TPSA) is 57.2 Å². The van der Waals surface area contributed by atoms with Crippen molar-refractivity contribution in [2.24, 2.45) is 0 Å². The molecule has 0 aliphatic carbocycles. The lowest BCUT2D eigenvalue weighted by Gasteiger charge is -2.17. The molecule has 1 rings (SSSR count). The lowest BCUT2D eigenvalue weighted by atomic mass is 10.0. The minimum atomic E-state index is -0.261. The molecule has 0 aliphatic heterocycles. The first-order chi connectivity index (χ1) is 12.7. The fourth-order valence-corrected chi connectivity index (χ4v) is 2.80. The Hall–Kier alpha value is -1.30. The number of phenolic OH excluding ortho intramolecular Hbond substituents is 1. The Labute approximate surface area is 158 Å². The summed E-state index contributed by atoms with van der Waals surface area (Å²) in [6.45, 7) is 11.2. The average Bonchev–Trinajstić information content (AvgIpc) is 2.64. The summed E-state index contributed by atoms with van der Waals surface area (Å²) in [7, 11) is 0. The predicted octanol–water partition coefficient (Wildman–Crippen LogP) is 4.48. The van der Waals surface area contributed by atoms with Crippen molar-refractivity contribution >= 4 is 0 Å². The summed E-state index contributed by atoms with van der Waals surface area (Å²) in [5.41, 5.74) is 2.14. The van der Waals surface area contributed by atoms with E-state index in [2.05, 4.69) is 13.8 Å². The third-order valence-electron chi connectivity index (χ3n) is 4.13. The van der Waals surface area contributed by atoms with E-state index in [-0.39, 0.29) is 6.29 Å². The maximum Gasteiger partial charge on any atom is 0.180 e. The van der Waals surface area contributed by atoms with Gasteiger partial charge in [-0.1, -0.05) is 13.8 Å². The van der Waals surface area contributed by atoms with Crippen LogP contribution in [0.5, 0.6) is 11.5 Å². The first-order valence-electron chi connectivity index (χ1n) is 9.94. The minimum Gasteiger partial charge on any atom is -0.508 e. The SMILES string of the molecule is CCOC(COCCCCCOc1c(CC)cc(O)cc1CC)OCC.